The lowest BCUT2D eigenvalue weighted by atomic mass is 9.77. The number of hydrogen-bond donors (Lipinski definition) is 1. The van der Waals surface area contributed by atoms with E-state index in [1.54, 1.807) is 13.8 Å². The van der Waals surface area contributed by atoms with E-state index in [9.17, 15) is 4.79 Å². The molecule has 0 amide bonds. The minimum atomic E-state index is -0.988. The second-order valence-corrected chi connectivity index (χ2v) is 10.6. The van der Waals surface area contributed by atoms with Crippen molar-refractivity contribution in [2.24, 2.45) is 0 Å². The summed E-state index contributed by atoms with van der Waals surface area (Å²) >= 11 is 6.61. The van der Waals surface area contributed by atoms with Gasteiger partial charge in [-0.1, -0.05) is 66.2 Å². The smallest absolute Gasteiger partial charge is 0.493 e. The maximum Gasteiger partial charge on any atom is 0.497 e. The van der Waals surface area contributed by atoms with Crippen molar-refractivity contribution in [3.05, 3.63) is 71.9 Å². The van der Waals surface area contributed by atoms with E-state index in [4.69, 9.17) is 30.4 Å². The molecule has 4 aromatic rings. The van der Waals surface area contributed by atoms with Crippen molar-refractivity contribution >= 4 is 51.8 Å². The quantitative estimate of drug-likeness (QED) is 0.134. The standard InChI is InChI=1S/C29H31BClNO5/c1-5-34-27(33)26-22(15-10-18-35-24-17-8-12-19-11-6-7-13-20(19)24)21-14-9-16-23(25(21)32-26)30-36-28(2,3)29(4,31)37-30/h6-9,11-14,16-17,32H,5,10,15,18H2,1-4H3. The highest BCUT2D eigenvalue weighted by Gasteiger charge is 2.54. The molecule has 1 unspecified atom stereocenters. The minimum Gasteiger partial charge on any atom is -0.493 e. The SMILES string of the molecule is CCOC(=O)c1[nH]c2c(B3OC(C)(C)C(C)(Cl)O3)cccc2c1CCCOc1cccc2ccccc12. The molecule has 192 valence electrons. The highest BCUT2D eigenvalue weighted by Crippen LogP contribution is 2.40. The predicted octanol–water partition coefficient (Wildman–Crippen LogP) is 5.99. The topological polar surface area (TPSA) is 69.8 Å². The molecule has 0 aliphatic carbocycles. The van der Waals surface area contributed by atoms with Gasteiger partial charge in [0.1, 0.15) is 11.4 Å². The number of aromatic amines is 1. The van der Waals surface area contributed by atoms with Gasteiger partial charge in [-0.15, -0.1) is 0 Å². The molecule has 37 heavy (non-hydrogen) atoms. The summed E-state index contributed by atoms with van der Waals surface area (Å²) in [7, 11) is -0.669. The van der Waals surface area contributed by atoms with Crippen molar-refractivity contribution in [3.8, 4) is 5.75 Å². The van der Waals surface area contributed by atoms with Crippen LogP contribution in [0, 0.1) is 0 Å². The van der Waals surface area contributed by atoms with Crippen LogP contribution in [0.15, 0.2) is 60.7 Å². The lowest BCUT2D eigenvalue weighted by molar-refractivity contribution is 0.0519. The Hall–Kier alpha value is -3.00. The summed E-state index contributed by atoms with van der Waals surface area (Å²) in [5, 5.41) is 2.16. The minimum absolute atomic E-state index is 0.290. The number of benzene rings is 3. The number of para-hydroxylation sites is 1. The molecule has 0 spiro atoms. The molecule has 1 saturated heterocycles. The number of carbonyl (C=O) groups is 1. The first-order chi connectivity index (χ1) is 17.7. The maximum absolute atomic E-state index is 12.9. The second kappa shape index (κ2) is 10.0. The Morgan fingerprint density at radius 1 is 1.00 bits per heavy atom. The largest absolute Gasteiger partial charge is 0.497 e. The van der Waals surface area contributed by atoms with Gasteiger partial charge in [0.2, 0.25) is 0 Å². The molecule has 1 atom stereocenters. The number of ether oxygens (including phenoxy) is 2. The highest BCUT2D eigenvalue weighted by atomic mass is 35.5. The molecule has 6 nitrogen and oxygen atoms in total. The normalized spacial score (nSPS) is 19.0. The first kappa shape index (κ1) is 25.6. The van der Waals surface area contributed by atoms with Crippen LogP contribution in [0.5, 0.6) is 5.75 Å². The fraction of sp³-hybridized carbons (Fsp3) is 0.345. The Labute approximate surface area is 222 Å². The molecule has 1 aromatic heterocycles. The monoisotopic (exact) mass is 519 g/mol. The lowest BCUT2D eigenvalue weighted by Crippen LogP contribution is -2.39. The average Bonchev–Trinajstić information content (AvgIpc) is 3.35. The van der Waals surface area contributed by atoms with Gasteiger partial charge in [0, 0.05) is 21.8 Å². The van der Waals surface area contributed by atoms with E-state index >= 15 is 0 Å². The van der Waals surface area contributed by atoms with Gasteiger partial charge < -0.3 is 23.8 Å². The van der Waals surface area contributed by atoms with Crippen LogP contribution in [0.25, 0.3) is 21.7 Å². The molecule has 5 rings (SSSR count). The summed E-state index contributed by atoms with van der Waals surface area (Å²) in [6.45, 7) is 8.21. The molecule has 0 radical (unpaired) electrons. The number of fused-ring (bicyclic) bond motifs is 2. The Balaban J connectivity index is 1.41. The van der Waals surface area contributed by atoms with Crippen LogP contribution >= 0.6 is 11.6 Å². The van der Waals surface area contributed by atoms with E-state index in [1.165, 1.54) is 0 Å². The summed E-state index contributed by atoms with van der Waals surface area (Å²) < 4.78 is 23.8. The van der Waals surface area contributed by atoms with Crippen molar-refractivity contribution in [1.29, 1.82) is 0 Å². The van der Waals surface area contributed by atoms with Crippen molar-refractivity contribution in [1.82, 2.24) is 4.98 Å². The van der Waals surface area contributed by atoms with Gasteiger partial charge in [-0.3, -0.25) is 0 Å². The van der Waals surface area contributed by atoms with Crippen LogP contribution in [0.2, 0.25) is 0 Å². The fourth-order valence-corrected chi connectivity index (χ4v) is 4.87. The highest BCUT2D eigenvalue weighted by molar-refractivity contribution is 6.65. The van der Waals surface area contributed by atoms with Crippen LogP contribution in [-0.4, -0.2) is 41.9 Å². The van der Waals surface area contributed by atoms with Crippen molar-refractivity contribution in [3.63, 3.8) is 0 Å². The van der Waals surface area contributed by atoms with Crippen LogP contribution in [-0.2, 0) is 20.5 Å². The fourth-order valence-electron chi connectivity index (χ4n) is 4.75. The number of aryl methyl sites for hydroxylation is 1. The molecule has 1 fully saturated rings. The molecule has 2 heterocycles. The molecular weight excluding hydrogens is 489 g/mol. The Morgan fingerprint density at radius 2 is 1.73 bits per heavy atom. The van der Waals surface area contributed by atoms with Crippen LogP contribution in [0.4, 0.5) is 0 Å². The number of rotatable bonds is 8. The van der Waals surface area contributed by atoms with Gasteiger partial charge in [0.05, 0.1) is 18.8 Å². The van der Waals surface area contributed by atoms with Crippen molar-refractivity contribution in [2.75, 3.05) is 13.2 Å². The van der Waals surface area contributed by atoms with Gasteiger partial charge in [0.25, 0.3) is 0 Å². The van der Waals surface area contributed by atoms with E-state index in [-0.39, 0.29) is 5.97 Å². The predicted molar refractivity (Wildman–Crippen MR) is 148 cm³/mol. The number of alkyl halides is 1. The number of H-pyrrole nitrogens is 1. The van der Waals surface area contributed by atoms with E-state index in [1.807, 2.05) is 56.3 Å². The number of aromatic nitrogens is 1. The summed E-state index contributed by atoms with van der Waals surface area (Å²) in [6, 6.07) is 20.1. The summed E-state index contributed by atoms with van der Waals surface area (Å²) in [6.07, 6.45) is 1.35. The Kier molecular flexibility index (Phi) is 6.96. The molecule has 1 N–H and O–H groups in total. The molecule has 3 aromatic carbocycles. The second-order valence-electron chi connectivity index (χ2n) is 9.89. The molecule has 8 heteroatoms. The zero-order valence-electron chi connectivity index (χ0n) is 21.6. The van der Waals surface area contributed by atoms with Crippen LogP contribution in [0.3, 0.4) is 0 Å². The molecule has 1 aliphatic rings. The number of esters is 1. The molecule has 1 aliphatic heterocycles. The van der Waals surface area contributed by atoms with Gasteiger partial charge >= 0.3 is 13.1 Å². The first-order valence-electron chi connectivity index (χ1n) is 12.7. The van der Waals surface area contributed by atoms with E-state index in [2.05, 4.69) is 23.2 Å². The van der Waals surface area contributed by atoms with Crippen molar-refractivity contribution < 1.29 is 23.6 Å². The third-order valence-electron chi connectivity index (χ3n) is 7.09. The zero-order chi connectivity index (χ0) is 26.2. The molecule has 0 saturated carbocycles. The van der Waals surface area contributed by atoms with Gasteiger partial charge in [0.15, 0.2) is 5.06 Å². The number of halogens is 1. The summed E-state index contributed by atoms with van der Waals surface area (Å²) in [5.41, 5.74) is 2.22. The van der Waals surface area contributed by atoms with Gasteiger partial charge in [-0.2, -0.15) is 0 Å². The van der Waals surface area contributed by atoms with E-state index < -0.39 is 17.8 Å². The van der Waals surface area contributed by atoms with Gasteiger partial charge in [-0.25, -0.2) is 4.79 Å². The Morgan fingerprint density at radius 3 is 2.49 bits per heavy atom. The number of hydrogen-bond acceptors (Lipinski definition) is 5. The van der Waals surface area contributed by atoms with Crippen LogP contribution in [0.1, 0.15) is 50.2 Å². The Bertz CT molecular complexity index is 1430. The number of carbonyl (C=O) groups excluding carboxylic acids is 1. The zero-order valence-corrected chi connectivity index (χ0v) is 22.4. The van der Waals surface area contributed by atoms with Crippen molar-refractivity contribution in [2.45, 2.75) is 51.2 Å². The first-order valence-corrected chi connectivity index (χ1v) is 13.1. The third-order valence-corrected chi connectivity index (χ3v) is 7.64. The molecule has 0 bridgehead atoms. The van der Waals surface area contributed by atoms with Gasteiger partial charge in [-0.05, 0) is 57.6 Å². The maximum atomic E-state index is 12.9. The third kappa shape index (κ3) is 4.84. The number of nitrogens with one attached hydrogen (secondary N) is 1. The average molecular weight is 520 g/mol. The summed E-state index contributed by atoms with van der Waals surface area (Å²) in [5.74, 6) is 0.470. The van der Waals surface area contributed by atoms with E-state index in [0.717, 1.165) is 44.9 Å². The molecular formula is C29H31BClNO5. The lowest BCUT2D eigenvalue weighted by Gasteiger charge is -2.29. The van der Waals surface area contributed by atoms with E-state index in [0.29, 0.717) is 25.3 Å². The van der Waals surface area contributed by atoms with Crippen LogP contribution < -0.4 is 10.2 Å². The summed E-state index contributed by atoms with van der Waals surface area (Å²) in [4.78, 5) is 16.2.